The van der Waals surface area contributed by atoms with Crippen molar-refractivity contribution in [2.24, 2.45) is 5.92 Å². The van der Waals surface area contributed by atoms with Gasteiger partial charge in [0.15, 0.2) is 0 Å². The topological polar surface area (TPSA) is 78.4 Å². The van der Waals surface area contributed by atoms with Gasteiger partial charge in [-0.05, 0) is 55.4 Å². The molecule has 1 atom stereocenters. The lowest BCUT2D eigenvalue weighted by molar-refractivity contribution is -0.136. The zero-order valence-corrected chi connectivity index (χ0v) is 12.5. The second kappa shape index (κ2) is 6.72. The van der Waals surface area contributed by atoms with Gasteiger partial charge in [-0.15, -0.1) is 0 Å². The van der Waals surface area contributed by atoms with Crippen molar-refractivity contribution in [2.45, 2.75) is 39.2 Å². The molecule has 2 amide bonds. The largest absolute Gasteiger partial charge is 0.391 e. The molecule has 0 saturated heterocycles. The number of aliphatic hydroxyl groups excluding tert-OH is 1. The van der Waals surface area contributed by atoms with E-state index in [9.17, 15) is 14.7 Å². The van der Waals surface area contributed by atoms with E-state index in [1.807, 2.05) is 26.0 Å². The maximum atomic E-state index is 11.8. The van der Waals surface area contributed by atoms with E-state index in [-0.39, 0.29) is 12.5 Å². The fourth-order valence-electron chi connectivity index (χ4n) is 2.24. The van der Waals surface area contributed by atoms with Gasteiger partial charge in [0.1, 0.15) is 0 Å². The molecule has 21 heavy (non-hydrogen) atoms. The van der Waals surface area contributed by atoms with Crippen LogP contribution in [0.2, 0.25) is 0 Å². The van der Waals surface area contributed by atoms with Gasteiger partial charge in [0.05, 0.1) is 6.10 Å². The Kier molecular flexibility index (Phi) is 4.96. The SMILES string of the molecule is CCc1cc(NC(=O)C(=O)NCC(O)C2CC2)ccc1C. The van der Waals surface area contributed by atoms with E-state index >= 15 is 0 Å². The average Bonchev–Trinajstić information content (AvgIpc) is 3.30. The van der Waals surface area contributed by atoms with Crippen LogP contribution in [0.15, 0.2) is 18.2 Å². The van der Waals surface area contributed by atoms with Crippen molar-refractivity contribution in [3.05, 3.63) is 29.3 Å². The zero-order chi connectivity index (χ0) is 15.4. The Labute approximate surface area is 124 Å². The summed E-state index contributed by atoms with van der Waals surface area (Å²) in [6, 6.07) is 5.57. The highest BCUT2D eigenvalue weighted by Gasteiger charge is 2.30. The third-order valence-corrected chi connectivity index (χ3v) is 3.83. The summed E-state index contributed by atoms with van der Waals surface area (Å²) in [7, 11) is 0. The molecule has 5 heteroatoms. The highest BCUT2D eigenvalue weighted by molar-refractivity contribution is 6.39. The minimum atomic E-state index is -0.715. The normalized spacial score (nSPS) is 15.4. The van der Waals surface area contributed by atoms with Crippen LogP contribution in [0.1, 0.15) is 30.9 Å². The molecule has 0 bridgehead atoms. The number of hydrogen-bond donors (Lipinski definition) is 3. The fourth-order valence-corrected chi connectivity index (χ4v) is 2.24. The van der Waals surface area contributed by atoms with Crippen LogP contribution in [0, 0.1) is 12.8 Å². The van der Waals surface area contributed by atoms with Crippen LogP contribution >= 0.6 is 0 Å². The van der Waals surface area contributed by atoms with Gasteiger partial charge in [-0.2, -0.15) is 0 Å². The van der Waals surface area contributed by atoms with Crippen molar-refractivity contribution in [1.82, 2.24) is 5.32 Å². The van der Waals surface area contributed by atoms with Crippen molar-refractivity contribution in [2.75, 3.05) is 11.9 Å². The summed E-state index contributed by atoms with van der Waals surface area (Å²) in [6.07, 6.45) is 2.31. The molecule has 114 valence electrons. The molecular weight excluding hydrogens is 268 g/mol. The van der Waals surface area contributed by atoms with Gasteiger partial charge in [-0.3, -0.25) is 9.59 Å². The first-order chi connectivity index (χ1) is 10.0. The minimum Gasteiger partial charge on any atom is -0.391 e. The molecule has 1 aromatic carbocycles. The molecule has 0 heterocycles. The molecule has 0 radical (unpaired) electrons. The van der Waals surface area contributed by atoms with Crippen LogP contribution in [-0.4, -0.2) is 29.6 Å². The predicted molar refractivity (Wildman–Crippen MR) is 80.9 cm³/mol. The van der Waals surface area contributed by atoms with E-state index in [1.165, 1.54) is 0 Å². The molecule has 1 aromatic rings. The number of aliphatic hydroxyl groups is 1. The van der Waals surface area contributed by atoms with Gasteiger partial charge in [0, 0.05) is 12.2 Å². The number of anilines is 1. The number of carbonyl (C=O) groups excluding carboxylic acids is 2. The Bertz CT molecular complexity index is 538. The molecule has 0 aromatic heterocycles. The molecule has 5 nitrogen and oxygen atoms in total. The summed E-state index contributed by atoms with van der Waals surface area (Å²) in [5.74, 6) is -1.14. The van der Waals surface area contributed by atoms with E-state index in [0.29, 0.717) is 5.69 Å². The Morgan fingerprint density at radius 2 is 2.05 bits per heavy atom. The van der Waals surface area contributed by atoms with Crippen molar-refractivity contribution < 1.29 is 14.7 Å². The van der Waals surface area contributed by atoms with E-state index in [4.69, 9.17) is 0 Å². The van der Waals surface area contributed by atoms with Crippen molar-refractivity contribution in [1.29, 1.82) is 0 Å². The highest BCUT2D eigenvalue weighted by Crippen LogP contribution is 2.32. The van der Waals surface area contributed by atoms with Gasteiger partial charge >= 0.3 is 11.8 Å². The molecule has 1 aliphatic rings. The first kappa shape index (κ1) is 15.5. The fraction of sp³-hybridized carbons (Fsp3) is 0.500. The summed E-state index contributed by atoms with van der Waals surface area (Å²) in [5, 5.41) is 14.7. The molecule has 1 fully saturated rings. The van der Waals surface area contributed by atoms with Crippen LogP contribution in [0.4, 0.5) is 5.69 Å². The number of carbonyl (C=O) groups is 2. The molecule has 1 unspecified atom stereocenters. The lowest BCUT2D eigenvalue weighted by atomic mass is 10.1. The second-order valence-electron chi connectivity index (χ2n) is 5.56. The molecule has 0 aliphatic heterocycles. The van der Waals surface area contributed by atoms with Gasteiger partial charge in [-0.1, -0.05) is 13.0 Å². The van der Waals surface area contributed by atoms with Gasteiger partial charge in [-0.25, -0.2) is 0 Å². The Balaban J connectivity index is 1.86. The quantitative estimate of drug-likeness (QED) is 0.717. The first-order valence-corrected chi connectivity index (χ1v) is 7.38. The highest BCUT2D eigenvalue weighted by atomic mass is 16.3. The third kappa shape index (κ3) is 4.29. The summed E-state index contributed by atoms with van der Waals surface area (Å²) in [4.78, 5) is 23.5. The maximum Gasteiger partial charge on any atom is 0.313 e. The van der Waals surface area contributed by atoms with Gasteiger partial charge in [0.2, 0.25) is 0 Å². The summed E-state index contributed by atoms with van der Waals surface area (Å²) >= 11 is 0. The van der Waals surface area contributed by atoms with Gasteiger partial charge < -0.3 is 15.7 Å². The van der Waals surface area contributed by atoms with Crippen molar-refractivity contribution in [3.8, 4) is 0 Å². The maximum absolute atomic E-state index is 11.8. The van der Waals surface area contributed by atoms with E-state index in [0.717, 1.165) is 30.4 Å². The van der Waals surface area contributed by atoms with Crippen LogP contribution in [0.25, 0.3) is 0 Å². The minimum absolute atomic E-state index is 0.130. The average molecular weight is 290 g/mol. The number of nitrogens with one attached hydrogen (secondary N) is 2. The monoisotopic (exact) mass is 290 g/mol. The number of benzene rings is 1. The number of amides is 2. The Morgan fingerprint density at radius 3 is 2.67 bits per heavy atom. The van der Waals surface area contributed by atoms with Gasteiger partial charge in [0.25, 0.3) is 0 Å². The Morgan fingerprint density at radius 1 is 1.33 bits per heavy atom. The molecule has 2 rings (SSSR count). The summed E-state index contributed by atoms with van der Waals surface area (Å²) < 4.78 is 0. The predicted octanol–water partition coefficient (Wildman–Crippen LogP) is 1.38. The molecule has 3 N–H and O–H groups in total. The van der Waals surface area contributed by atoms with E-state index < -0.39 is 17.9 Å². The summed E-state index contributed by atoms with van der Waals surface area (Å²) in [6.45, 7) is 4.18. The van der Waals surface area contributed by atoms with Crippen molar-refractivity contribution in [3.63, 3.8) is 0 Å². The lowest BCUT2D eigenvalue weighted by Gasteiger charge is -2.11. The summed E-state index contributed by atoms with van der Waals surface area (Å²) in [5.41, 5.74) is 2.91. The number of aryl methyl sites for hydroxylation is 2. The third-order valence-electron chi connectivity index (χ3n) is 3.83. The van der Waals surface area contributed by atoms with Crippen LogP contribution in [-0.2, 0) is 16.0 Å². The number of rotatable bonds is 5. The molecular formula is C16H22N2O3. The van der Waals surface area contributed by atoms with Crippen LogP contribution < -0.4 is 10.6 Å². The smallest absolute Gasteiger partial charge is 0.313 e. The lowest BCUT2D eigenvalue weighted by Crippen LogP contribution is -2.40. The van der Waals surface area contributed by atoms with E-state index in [1.54, 1.807) is 6.07 Å². The standard InChI is InChI=1S/C16H22N2O3/c1-3-11-8-13(7-4-10(11)2)18-16(21)15(20)17-9-14(19)12-5-6-12/h4,7-8,12,14,19H,3,5-6,9H2,1-2H3,(H,17,20)(H,18,21). The Hall–Kier alpha value is -1.88. The molecule has 0 spiro atoms. The van der Waals surface area contributed by atoms with E-state index in [2.05, 4.69) is 10.6 Å². The number of hydrogen-bond acceptors (Lipinski definition) is 3. The molecule has 1 saturated carbocycles. The second-order valence-corrected chi connectivity index (χ2v) is 5.56. The van der Waals surface area contributed by atoms with Crippen molar-refractivity contribution >= 4 is 17.5 Å². The zero-order valence-electron chi connectivity index (χ0n) is 12.5. The van der Waals surface area contributed by atoms with Crippen LogP contribution in [0.5, 0.6) is 0 Å². The molecule has 1 aliphatic carbocycles. The van der Waals surface area contributed by atoms with Crippen LogP contribution in [0.3, 0.4) is 0 Å². The first-order valence-electron chi connectivity index (χ1n) is 7.38.